The summed E-state index contributed by atoms with van der Waals surface area (Å²) in [5, 5.41) is 9.29. The zero-order valence-corrected chi connectivity index (χ0v) is 12.2. The van der Waals surface area contributed by atoms with Crippen LogP contribution in [0.4, 0.5) is 9.59 Å². The lowest BCUT2D eigenvalue weighted by Crippen LogP contribution is -2.66. The van der Waals surface area contributed by atoms with Crippen molar-refractivity contribution in [3.8, 4) is 0 Å². The smallest absolute Gasteiger partial charge is 0.410 e. The lowest BCUT2D eigenvalue weighted by atomic mass is 9.88. The topological polar surface area (TPSA) is 96.1 Å². The first-order valence-electron chi connectivity index (χ1n) is 6.92. The molecule has 2 atom stereocenters. The van der Waals surface area contributed by atoms with Crippen LogP contribution >= 0.6 is 0 Å². The molecule has 2 saturated heterocycles. The van der Waals surface area contributed by atoms with E-state index in [0.29, 0.717) is 25.9 Å². The number of carboxylic acid groups (broad SMARTS) is 1. The lowest BCUT2D eigenvalue weighted by Gasteiger charge is -2.50. The number of nitrogens with zero attached hydrogens (tertiary/aromatic N) is 2. The van der Waals surface area contributed by atoms with Gasteiger partial charge in [0.2, 0.25) is 0 Å². The van der Waals surface area contributed by atoms with Crippen LogP contribution in [0.25, 0.3) is 0 Å². The molecule has 2 aliphatic heterocycles. The standard InChI is InChI=1S/C13H23N3O4/c1-13(2,3)20-12(19)15-6-9-4-8(14)5-10(7-15)16(9)11(17)18/h8-10H,4-7,14H2,1-3H3,(H,17,18). The molecule has 2 bridgehead atoms. The van der Waals surface area contributed by atoms with Gasteiger partial charge in [0.25, 0.3) is 0 Å². The van der Waals surface area contributed by atoms with Gasteiger partial charge in [-0.1, -0.05) is 0 Å². The van der Waals surface area contributed by atoms with Crippen LogP contribution in [0.1, 0.15) is 33.6 Å². The molecule has 7 nitrogen and oxygen atoms in total. The maximum Gasteiger partial charge on any atom is 0.410 e. The SMILES string of the molecule is CC(C)(C)OC(=O)N1CC2CC(N)CC(C1)N2C(=O)O. The van der Waals surface area contributed by atoms with Gasteiger partial charge in [0.15, 0.2) is 0 Å². The predicted octanol–water partition coefficient (Wildman–Crippen LogP) is 1.08. The molecule has 0 spiro atoms. The first-order chi connectivity index (χ1) is 9.17. The molecular formula is C13H23N3O4. The van der Waals surface area contributed by atoms with E-state index >= 15 is 0 Å². The summed E-state index contributed by atoms with van der Waals surface area (Å²) in [6, 6.07) is -0.466. The van der Waals surface area contributed by atoms with Crippen molar-refractivity contribution < 1.29 is 19.4 Å². The molecule has 2 rings (SSSR count). The van der Waals surface area contributed by atoms with E-state index in [1.54, 1.807) is 4.90 Å². The molecule has 0 aromatic rings. The number of hydrogen-bond acceptors (Lipinski definition) is 4. The second-order valence-corrected chi connectivity index (χ2v) is 6.61. The zero-order chi connectivity index (χ0) is 15.1. The number of hydrogen-bond donors (Lipinski definition) is 2. The van der Waals surface area contributed by atoms with Crippen LogP contribution in [0.5, 0.6) is 0 Å². The molecule has 3 N–H and O–H groups in total. The molecular weight excluding hydrogens is 262 g/mol. The molecule has 2 unspecified atom stereocenters. The molecule has 0 radical (unpaired) electrons. The minimum atomic E-state index is -0.935. The van der Waals surface area contributed by atoms with Crippen LogP contribution in [0, 0.1) is 0 Å². The number of carbonyl (C=O) groups excluding carboxylic acids is 1. The molecule has 2 aliphatic rings. The summed E-state index contributed by atoms with van der Waals surface area (Å²) in [5.74, 6) is 0. The zero-order valence-electron chi connectivity index (χ0n) is 12.2. The molecule has 114 valence electrons. The number of likely N-dealkylation sites (tertiary alicyclic amines) is 1. The number of piperazine rings is 1. The van der Waals surface area contributed by atoms with Crippen molar-refractivity contribution in [1.82, 2.24) is 9.80 Å². The minimum Gasteiger partial charge on any atom is -0.465 e. The Hall–Kier alpha value is -1.50. The maximum absolute atomic E-state index is 12.1. The Bertz CT molecular complexity index is 391. The highest BCUT2D eigenvalue weighted by atomic mass is 16.6. The lowest BCUT2D eigenvalue weighted by molar-refractivity contribution is -0.0257. The van der Waals surface area contributed by atoms with E-state index < -0.39 is 11.7 Å². The van der Waals surface area contributed by atoms with E-state index in [-0.39, 0.29) is 24.2 Å². The third-order valence-electron chi connectivity index (χ3n) is 3.67. The van der Waals surface area contributed by atoms with E-state index in [4.69, 9.17) is 10.5 Å². The summed E-state index contributed by atoms with van der Waals surface area (Å²) < 4.78 is 5.35. The highest BCUT2D eigenvalue weighted by molar-refractivity contribution is 5.70. The summed E-state index contributed by atoms with van der Waals surface area (Å²) in [5.41, 5.74) is 5.41. The van der Waals surface area contributed by atoms with Gasteiger partial charge in [0.1, 0.15) is 5.60 Å². The molecule has 0 saturated carbocycles. The van der Waals surface area contributed by atoms with Crippen molar-refractivity contribution in [1.29, 1.82) is 0 Å². The summed E-state index contributed by atoms with van der Waals surface area (Å²) in [4.78, 5) is 26.5. The largest absolute Gasteiger partial charge is 0.465 e. The van der Waals surface area contributed by atoms with Crippen LogP contribution in [0.15, 0.2) is 0 Å². The predicted molar refractivity (Wildman–Crippen MR) is 72.5 cm³/mol. The fourth-order valence-electron chi connectivity index (χ4n) is 3.02. The van der Waals surface area contributed by atoms with Gasteiger partial charge < -0.3 is 20.5 Å². The van der Waals surface area contributed by atoms with Crippen molar-refractivity contribution in [2.75, 3.05) is 13.1 Å². The fourth-order valence-corrected chi connectivity index (χ4v) is 3.02. The number of carbonyl (C=O) groups is 2. The minimum absolute atomic E-state index is 0.00128. The van der Waals surface area contributed by atoms with Gasteiger partial charge in [0.05, 0.1) is 12.1 Å². The molecule has 20 heavy (non-hydrogen) atoms. The first kappa shape index (κ1) is 14.9. The van der Waals surface area contributed by atoms with Gasteiger partial charge in [-0.3, -0.25) is 4.90 Å². The van der Waals surface area contributed by atoms with E-state index in [9.17, 15) is 14.7 Å². The molecule has 2 heterocycles. The number of rotatable bonds is 0. The second kappa shape index (κ2) is 5.12. The molecule has 0 aromatic carbocycles. The van der Waals surface area contributed by atoms with Crippen LogP contribution in [0.2, 0.25) is 0 Å². The van der Waals surface area contributed by atoms with Gasteiger partial charge in [-0.05, 0) is 33.6 Å². The van der Waals surface area contributed by atoms with Crippen LogP contribution in [0.3, 0.4) is 0 Å². The quantitative estimate of drug-likeness (QED) is 0.694. The van der Waals surface area contributed by atoms with Crippen molar-refractivity contribution in [3.05, 3.63) is 0 Å². The van der Waals surface area contributed by atoms with Crippen molar-refractivity contribution >= 4 is 12.2 Å². The van der Waals surface area contributed by atoms with Gasteiger partial charge in [-0.15, -0.1) is 0 Å². The Morgan fingerprint density at radius 2 is 1.70 bits per heavy atom. The third kappa shape index (κ3) is 3.15. The van der Waals surface area contributed by atoms with Crippen LogP contribution in [-0.4, -0.2) is 63.9 Å². The molecule has 7 heteroatoms. The maximum atomic E-state index is 12.1. The number of ether oxygens (including phenoxy) is 1. The van der Waals surface area contributed by atoms with Crippen LogP contribution in [-0.2, 0) is 4.74 Å². The highest BCUT2D eigenvalue weighted by Crippen LogP contribution is 2.29. The number of amides is 2. The Morgan fingerprint density at radius 1 is 1.20 bits per heavy atom. The van der Waals surface area contributed by atoms with Crippen molar-refractivity contribution in [2.45, 2.75) is 57.3 Å². The Labute approximate surface area is 118 Å². The third-order valence-corrected chi connectivity index (χ3v) is 3.67. The number of piperidine rings is 1. The summed E-state index contributed by atoms with van der Waals surface area (Å²) in [7, 11) is 0. The van der Waals surface area contributed by atoms with Gasteiger partial charge in [-0.2, -0.15) is 0 Å². The summed E-state index contributed by atoms with van der Waals surface area (Å²) >= 11 is 0. The first-order valence-corrected chi connectivity index (χ1v) is 6.92. The Kier molecular flexibility index (Phi) is 3.82. The number of nitrogens with two attached hydrogens (primary N) is 1. The Morgan fingerprint density at radius 3 is 2.10 bits per heavy atom. The Balaban J connectivity index is 2.08. The van der Waals surface area contributed by atoms with Gasteiger partial charge >= 0.3 is 12.2 Å². The van der Waals surface area contributed by atoms with E-state index in [1.165, 1.54) is 4.90 Å². The van der Waals surface area contributed by atoms with Crippen molar-refractivity contribution in [3.63, 3.8) is 0 Å². The summed E-state index contributed by atoms with van der Waals surface area (Å²) in [6.07, 6.45) is -0.145. The monoisotopic (exact) mass is 285 g/mol. The van der Waals surface area contributed by atoms with Gasteiger partial charge in [-0.25, -0.2) is 9.59 Å². The van der Waals surface area contributed by atoms with E-state index in [1.807, 2.05) is 20.8 Å². The van der Waals surface area contributed by atoms with E-state index in [2.05, 4.69) is 0 Å². The average Bonchev–Trinajstić information content (AvgIpc) is 2.23. The second-order valence-electron chi connectivity index (χ2n) is 6.61. The normalized spacial score (nSPS) is 30.1. The highest BCUT2D eigenvalue weighted by Gasteiger charge is 2.44. The molecule has 0 aromatic heterocycles. The molecule has 0 aliphatic carbocycles. The van der Waals surface area contributed by atoms with Crippen molar-refractivity contribution in [2.24, 2.45) is 5.73 Å². The van der Waals surface area contributed by atoms with E-state index in [0.717, 1.165) is 0 Å². The van der Waals surface area contributed by atoms with Gasteiger partial charge in [0, 0.05) is 19.1 Å². The summed E-state index contributed by atoms with van der Waals surface area (Å²) in [6.45, 7) is 6.15. The molecule has 2 amide bonds. The van der Waals surface area contributed by atoms with Crippen LogP contribution < -0.4 is 5.73 Å². The molecule has 2 fully saturated rings. The number of fused-ring (bicyclic) bond motifs is 2. The fraction of sp³-hybridized carbons (Fsp3) is 0.846. The average molecular weight is 285 g/mol.